The zero-order chi connectivity index (χ0) is 15.0. The van der Waals surface area contributed by atoms with Crippen molar-refractivity contribution in [3.05, 3.63) is 24.3 Å². The van der Waals surface area contributed by atoms with Crippen LogP contribution in [-0.2, 0) is 14.8 Å². The predicted molar refractivity (Wildman–Crippen MR) is 78.8 cm³/mol. The van der Waals surface area contributed by atoms with E-state index in [1.165, 1.54) is 0 Å². The molecule has 0 heterocycles. The molecule has 0 atom stereocenters. The molecule has 0 bridgehead atoms. The molecule has 7 heteroatoms. The van der Waals surface area contributed by atoms with Crippen molar-refractivity contribution in [2.24, 2.45) is 5.73 Å². The topological polar surface area (TPSA) is 101 Å². The van der Waals surface area contributed by atoms with Gasteiger partial charge in [-0.15, -0.1) is 0 Å². The molecule has 112 valence electrons. The summed E-state index contributed by atoms with van der Waals surface area (Å²) in [6, 6.07) is 6.74. The molecule has 0 aliphatic carbocycles. The number of primary amides is 1. The van der Waals surface area contributed by atoms with Crippen LogP contribution in [0.2, 0.25) is 0 Å². The second kappa shape index (κ2) is 7.86. The summed E-state index contributed by atoms with van der Waals surface area (Å²) in [7, 11) is -3.58. The summed E-state index contributed by atoms with van der Waals surface area (Å²) in [6.07, 6.45) is 1.46. The Morgan fingerprint density at radius 3 is 2.60 bits per heavy atom. The minimum absolute atomic E-state index is 0.165. The van der Waals surface area contributed by atoms with Gasteiger partial charge in [-0.1, -0.05) is 19.1 Å². The molecule has 0 fully saturated rings. The third-order valence-corrected chi connectivity index (χ3v) is 4.15. The van der Waals surface area contributed by atoms with Crippen molar-refractivity contribution in [2.45, 2.75) is 31.1 Å². The number of nitrogens with one attached hydrogen (secondary N) is 2. The lowest BCUT2D eigenvalue weighted by Crippen LogP contribution is -2.26. The lowest BCUT2D eigenvalue weighted by atomic mass is 10.3. The van der Waals surface area contributed by atoms with E-state index in [4.69, 9.17) is 5.73 Å². The van der Waals surface area contributed by atoms with Crippen molar-refractivity contribution < 1.29 is 13.2 Å². The maximum Gasteiger partial charge on any atom is 0.242 e. The van der Waals surface area contributed by atoms with Gasteiger partial charge in [-0.2, -0.15) is 0 Å². The molecule has 0 aromatic heterocycles. The molecule has 20 heavy (non-hydrogen) atoms. The van der Waals surface area contributed by atoms with E-state index in [0.717, 1.165) is 6.42 Å². The van der Waals surface area contributed by atoms with Crippen LogP contribution in [0.5, 0.6) is 0 Å². The fourth-order valence-corrected chi connectivity index (χ4v) is 2.91. The Morgan fingerprint density at radius 2 is 1.95 bits per heavy atom. The monoisotopic (exact) mass is 299 g/mol. The highest BCUT2D eigenvalue weighted by molar-refractivity contribution is 7.89. The molecule has 1 rings (SSSR count). The first kappa shape index (κ1) is 16.5. The number of carbonyl (C=O) groups is 1. The van der Waals surface area contributed by atoms with Crippen LogP contribution in [0.15, 0.2) is 29.2 Å². The summed E-state index contributed by atoms with van der Waals surface area (Å²) in [4.78, 5) is 10.8. The van der Waals surface area contributed by atoms with Crippen LogP contribution in [0.4, 0.5) is 5.69 Å². The SMILES string of the molecule is CCCNc1ccccc1S(=O)(=O)NCCCC(N)=O. The smallest absolute Gasteiger partial charge is 0.242 e. The minimum atomic E-state index is -3.58. The van der Waals surface area contributed by atoms with Gasteiger partial charge in [-0.25, -0.2) is 13.1 Å². The fraction of sp³-hybridized carbons (Fsp3) is 0.462. The number of amides is 1. The van der Waals surface area contributed by atoms with Crippen LogP contribution in [0, 0.1) is 0 Å². The highest BCUT2D eigenvalue weighted by Gasteiger charge is 2.17. The number of nitrogens with two attached hydrogens (primary N) is 1. The number of hydrogen-bond acceptors (Lipinski definition) is 4. The van der Waals surface area contributed by atoms with Crippen molar-refractivity contribution in [1.29, 1.82) is 0 Å². The van der Waals surface area contributed by atoms with Gasteiger partial charge in [0, 0.05) is 19.5 Å². The van der Waals surface area contributed by atoms with E-state index in [0.29, 0.717) is 18.7 Å². The van der Waals surface area contributed by atoms with Crippen molar-refractivity contribution in [2.75, 3.05) is 18.4 Å². The second-order valence-electron chi connectivity index (χ2n) is 4.39. The molecule has 0 radical (unpaired) electrons. The van der Waals surface area contributed by atoms with E-state index < -0.39 is 15.9 Å². The maximum absolute atomic E-state index is 12.2. The molecule has 4 N–H and O–H groups in total. The van der Waals surface area contributed by atoms with E-state index in [-0.39, 0.29) is 17.9 Å². The number of anilines is 1. The van der Waals surface area contributed by atoms with Gasteiger partial charge in [0.15, 0.2) is 0 Å². The number of sulfonamides is 1. The van der Waals surface area contributed by atoms with Crippen molar-refractivity contribution >= 4 is 21.6 Å². The Morgan fingerprint density at radius 1 is 1.25 bits per heavy atom. The Hall–Kier alpha value is -1.60. The molecular formula is C13H21N3O3S. The van der Waals surface area contributed by atoms with Gasteiger partial charge in [-0.3, -0.25) is 4.79 Å². The Bertz CT molecular complexity index is 544. The van der Waals surface area contributed by atoms with Crippen LogP contribution < -0.4 is 15.8 Å². The summed E-state index contributed by atoms with van der Waals surface area (Å²) in [5.74, 6) is -0.436. The molecule has 0 saturated carbocycles. The Kier molecular flexibility index (Phi) is 6.47. The van der Waals surface area contributed by atoms with Crippen LogP contribution in [0.3, 0.4) is 0 Å². The summed E-state index contributed by atoms with van der Waals surface area (Å²) in [5.41, 5.74) is 5.59. The zero-order valence-electron chi connectivity index (χ0n) is 11.6. The third kappa shape index (κ3) is 5.18. The van der Waals surface area contributed by atoms with Gasteiger partial charge in [0.1, 0.15) is 4.90 Å². The first-order chi connectivity index (χ1) is 9.47. The number of carbonyl (C=O) groups excluding carboxylic acids is 1. The molecular weight excluding hydrogens is 278 g/mol. The third-order valence-electron chi connectivity index (χ3n) is 2.63. The van der Waals surface area contributed by atoms with E-state index >= 15 is 0 Å². The predicted octanol–water partition coefficient (Wildman–Crippen LogP) is 1.05. The summed E-state index contributed by atoms with van der Waals surface area (Å²) in [6.45, 7) is 2.90. The van der Waals surface area contributed by atoms with Crippen LogP contribution in [0.25, 0.3) is 0 Å². The zero-order valence-corrected chi connectivity index (χ0v) is 12.4. The standard InChI is InChI=1S/C13H21N3O3S/c1-2-9-15-11-6-3-4-7-12(11)20(18,19)16-10-5-8-13(14)17/h3-4,6-7,15-16H,2,5,8-10H2,1H3,(H2,14,17). The quantitative estimate of drug-likeness (QED) is 0.593. The largest absolute Gasteiger partial charge is 0.384 e. The average Bonchev–Trinajstić information content (AvgIpc) is 2.41. The van der Waals surface area contributed by atoms with E-state index in [2.05, 4.69) is 10.0 Å². The van der Waals surface area contributed by atoms with Crippen molar-refractivity contribution in [3.63, 3.8) is 0 Å². The van der Waals surface area contributed by atoms with Gasteiger partial charge in [0.05, 0.1) is 5.69 Å². The van der Waals surface area contributed by atoms with Crippen LogP contribution >= 0.6 is 0 Å². The Balaban J connectivity index is 2.73. The molecule has 1 aromatic carbocycles. The minimum Gasteiger partial charge on any atom is -0.384 e. The summed E-state index contributed by atoms with van der Waals surface area (Å²) < 4.78 is 26.9. The van der Waals surface area contributed by atoms with Crippen LogP contribution in [-0.4, -0.2) is 27.4 Å². The molecule has 0 spiro atoms. The van der Waals surface area contributed by atoms with Gasteiger partial charge in [-0.05, 0) is 25.0 Å². The van der Waals surface area contributed by atoms with Crippen molar-refractivity contribution in [3.8, 4) is 0 Å². The summed E-state index contributed by atoms with van der Waals surface area (Å²) in [5, 5.41) is 3.08. The van der Waals surface area contributed by atoms with Gasteiger partial charge in [0.2, 0.25) is 15.9 Å². The Labute approximate surface area is 119 Å². The van der Waals surface area contributed by atoms with Gasteiger partial charge >= 0.3 is 0 Å². The number of rotatable bonds is 9. The molecule has 0 aliphatic rings. The lowest BCUT2D eigenvalue weighted by molar-refractivity contribution is -0.118. The highest BCUT2D eigenvalue weighted by atomic mass is 32.2. The molecule has 0 saturated heterocycles. The fourth-order valence-electron chi connectivity index (χ4n) is 1.65. The first-order valence-electron chi connectivity index (χ1n) is 6.58. The molecule has 1 aromatic rings. The van der Waals surface area contributed by atoms with Crippen LogP contribution in [0.1, 0.15) is 26.2 Å². The van der Waals surface area contributed by atoms with E-state index in [1.54, 1.807) is 24.3 Å². The van der Waals surface area contributed by atoms with E-state index in [1.807, 2.05) is 6.92 Å². The highest BCUT2D eigenvalue weighted by Crippen LogP contribution is 2.20. The number of para-hydroxylation sites is 1. The van der Waals surface area contributed by atoms with Gasteiger partial charge < -0.3 is 11.1 Å². The average molecular weight is 299 g/mol. The summed E-state index contributed by atoms with van der Waals surface area (Å²) >= 11 is 0. The number of hydrogen-bond donors (Lipinski definition) is 3. The van der Waals surface area contributed by atoms with E-state index in [9.17, 15) is 13.2 Å². The van der Waals surface area contributed by atoms with Crippen molar-refractivity contribution in [1.82, 2.24) is 4.72 Å². The normalized spacial score (nSPS) is 11.2. The molecule has 0 unspecified atom stereocenters. The maximum atomic E-state index is 12.2. The molecule has 0 aliphatic heterocycles. The van der Waals surface area contributed by atoms with Gasteiger partial charge in [0.25, 0.3) is 0 Å². The first-order valence-corrected chi connectivity index (χ1v) is 8.06. The second-order valence-corrected chi connectivity index (χ2v) is 6.13. The number of benzene rings is 1. The molecule has 6 nitrogen and oxygen atoms in total. The molecule has 1 amide bonds. The lowest BCUT2D eigenvalue weighted by Gasteiger charge is -2.12.